The van der Waals surface area contributed by atoms with Gasteiger partial charge < -0.3 is 5.32 Å². The maximum atomic E-state index is 4.40. The van der Waals surface area contributed by atoms with E-state index >= 15 is 0 Å². The molecule has 0 aliphatic rings. The van der Waals surface area contributed by atoms with Crippen molar-refractivity contribution >= 4 is 0 Å². The third-order valence-corrected chi connectivity index (χ3v) is 3.50. The molecule has 2 aromatic rings. The van der Waals surface area contributed by atoms with E-state index in [2.05, 4.69) is 73.3 Å². The summed E-state index contributed by atoms with van der Waals surface area (Å²) >= 11 is 0. The average Bonchev–Trinajstić information content (AvgIpc) is 2.47. The van der Waals surface area contributed by atoms with Gasteiger partial charge >= 0.3 is 0 Å². The molecular formula is C18H25N3. The average molecular weight is 283 g/mol. The molecule has 0 saturated carbocycles. The lowest BCUT2D eigenvalue weighted by Gasteiger charge is -2.29. The molecule has 1 aromatic heterocycles. The molecular weight excluding hydrogens is 258 g/mol. The molecule has 2 atom stereocenters. The maximum absolute atomic E-state index is 4.40. The van der Waals surface area contributed by atoms with E-state index in [-0.39, 0.29) is 11.5 Å². The van der Waals surface area contributed by atoms with Gasteiger partial charge in [0.1, 0.15) is 0 Å². The molecule has 0 amide bonds. The van der Waals surface area contributed by atoms with Crippen molar-refractivity contribution in [3.05, 3.63) is 60.2 Å². The molecule has 0 spiro atoms. The lowest BCUT2D eigenvalue weighted by atomic mass is 9.85. The Kier molecular flexibility index (Phi) is 5.07. The fourth-order valence-electron chi connectivity index (χ4n) is 2.49. The summed E-state index contributed by atoms with van der Waals surface area (Å²) in [4.78, 5) is 8.55. The van der Waals surface area contributed by atoms with E-state index in [9.17, 15) is 0 Å². The topological polar surface area (TPSA) is 37.8 Å². The first-order chi connectivity index (χ1) is 9.96. The number of hydrogen-bond donors (Lipinski definition) is 1. The first kappa shape index (κ1) is 15.6. The quantitative estimate of drug-likeness (QED) is 0.888. The zero-order chi connectivity index (χ0) is 15.3. The summed E-state index contributed by atoms with van der Waals surface area (Å²) in [7, 11) is 0. The molecule has 112 valence electrons. The van der Waals surface area contributed by atoms with Crippen molar-refractivity contribution < 1.29 is 0 Å². The zero-order valence-corrected chi connectivity index (χ0v) is 13.4. The fourth-order valence-corrected chi connectivity index (χ4v) is 2.49. The molecule has 0 radical (unpaired) electrons. The van der Waals surface area contributed by atoms with Crippen LogP contribution in [0.1, 0.15) is 57.5 Å². The molecule has 0 aliphatic carbocycles. The molecule has 3 nitrogen and oxygen atoms in total. The molecule has 1 aromatic carbocycles. The van der Waals surface area contributed by atoms with Crippen molar-refractivity contribution in [3.8, 4) is 0 Å². The highest BCUT2D eigenvalue weighted by Gasteiger charge is 2.22. The fraction of sp³-hybridized carbons (Fsp3) is 0.444. The monoisotopic (exact) mass is 283 g/mol. The van der Waals surface area contributed by atoms with Gasteiger partial charge in [-0.25, -0.2) is 0 Å². The smallest absolute Gasteiger partial charge is 0.0753 e. The van der Waals surface area contributed by atoms with Crippen molar-refractivity contribution in [1.29, 1.82) is 0 Å². The van der Waals surface area contributed by atoms with Gasteiger partial charge in [-0.3, -0.25) is 9.97 Å². The second-order valence-electron chi connectivity index (χ2n) is 6.75. The molecule has 21 heavy (non-hydrogen) atoms. The van der Waals surface area contributed by atoms with Gasteiger partial charge in [0.25, 0.3) is 0 Å². The summed E-state index contributed by atoms with van der Waals surface area (Å²) in [5.74, 6) is 0. The summed E-state index contributed by atoms with van der Waals surface area (Å²) in [6, 6.07) is 11.1. The van der Waals surface area contributed by atoms with Crippen LogP contribution in [0.3, 0.4) is 0 Å². The standard InChI is InChI=1S/C18H25N3/c1-14(17-13-19-10-11-20-17)21-16(12-18(2,3)4)15-8-6-5-7-9-15/h5-11,13-14,16,21H,12H2,1-4H3. The molecule has 0 aliphatic heterocycles. The highest BCUT2D eigenvalue weighted by atomic mass is 15.0. The summed E-state index contributed by atoms with van der Waals surface area (Å²) in [5.41, 5.74) is 2.56. The van der Waals surface area contributed by atoms with E-state index in [0.29, 0.717) is 6.04 Å². The normalized spacial score (nSPS) is 14.7. The van der Waals surface area contributed by atoms with Crippen molar-refractivity contribution in [2.24, 2.45) is 5.41 Å². The van der Waals surface area contributed by atoms with Crippen LogP contribution >= 0.6 is 0 Å². The molecule has 0 bridgehead atoms. The van der Waals surface area contributed by atoms with E-state index < -0.39 is 0 Å². The molecule has 3 heteroatoms. The first-order valence-electron chi connectivity index (χ1n) is 7.52. The maximum Gasteiger partial charge on any atom is 0.0753 e. The third-order valence-electron chi connectivity index (χ3n) is 3.50. The van der Waals surface area contributed by atoms with Crippen molar-refractivity contribution in [3.63, 3.8) is 0 Å². The van der Waals surface area contributed by atoms with Gasteiger partial charge in [0.15, 0.2) is 0 Å². The molecule has 1 N–H and O–H groups in total. The largest absolute Gasteiger partial charge is 0.302 e. The Labute approximate surface area is 127 Å². The highest BCUT2D eigenvalue weighted by molar-refractivity contribution is 5.20. The first-order valence-corrected chi connectivity index (χ1v) is 7.52. The number of rotatable bonds is 5. The molecule has 0 fully saturated rings. The van der Waals surface area contributed by atoms with Crippen molar-refractivity contribution in [2.75, 3.05) is 0 Å². The minimum absolute atomic E-state index is 0.172. The number of benzene rings is 1. The van der Waals surface area contributed by atoms with Gasteiger partial charge in [-0.05, 0) is 24.3 Å². The Balaban J connectivity index is 2.16. The van der Waals surface area contributed by atoms with Crippen LogP contribution in [0.25, 0.3) is 0 Å². The minimum atomic E-state index is 0.172. The Hall–Kier alpha value is -1.74. The Morgan fingerprint density at radius 1 is 1.10 bits per heavy atom. The van der Waals surface area contributed by atoms with Gasteiger partial charge in [-0.15, -0.1) is 0 Å². The van der Waals surface area contributed by atoms with Gasteiger partial charge in [0.05, 0.1) is 5.69 Å². The Morgan fingerprint density at radius 2 is 1.81 bits per heavy atom. The van der Waals surface area contributed by atoms with E-state index in [1.165, 1.54) is 5.56 Å². The van der Waals surface area contributed by atoms with E-state index in [1.54, 1.807) is 12.4 Å². The lowest BCUT2D eigenvalue weighted by molar-refractivity contribution is 0.296. The van der Waals surface area contributed by atoms with Crippen LogP contribution in [0.2, 0.25) is 0 Å². The highest BCUT2D eigenvalue weighted by Crippen LogP contribution is 2.31. The van der Waals surface area contributed by atoms with Gasteiger partial charge in [-0.1, -0.05) is 51.1 Å². The number of nitrogens with zero attached hydrogens (tertiary/aromatic N) is 2. The molecule has 2 unspecified atom stereocenters. The van der Waals surface area contributed by atoms with Crippen LogP contribution in [0.5, 0.6) is 0 Å². The summed E-state index contributed by atoms with van der Waals surface area (Å²) in [6.45, 7) is 8.97. The van der Waals surface area contributed by atoms with E-state index in [0.717, 1.165) is 12.1 Å². The van der Waals surface area contributed by atoms with E-state index in [1.807, 2.05) is 6.20 Å². The zero-order valence-electron chi connectivity index (χ0n) is 13.4. The van der Waals surface area contributed by atoms with Crippen LogP contribution in [-0.4, -0.2) is 9.97 Å². The van der Waals surface area contributed by atoms with Gasteiger partial charge in [-0.2, -0.15) is 0 Å². The predicted molar refractivity (Wildman–Crippen MR) is 86.8 cm³/mol. The molecule has 1 heterocycles. The van der Waals surface area contributed by atoms with Crippen LogP contribution in [0.4, 0.5) is 0 Å². The van der Waals surface area contributed by atoms with Crippen molar-refractivity contribution in [2.45, 2.75) is 46.2 Å². The minimum Gasteiger partial charge on any atom is -0.302 e. The predicted octanol–water partition coefficient (Wildman–Crippen LogP) is 4.30. The third kappa shape index (κ3) is 4.94. The SMILES string of the molecule is CC(NC(CC(C)(C)C)c1ccccc1)c1cnccn1. The second kappa shape index (κ2) is 6.81. The molecule has 0 saturated heterocycles. The summed E-state index contributed by atoms with van der Waals surface area (Å²) in [5, 5.41) is 3.70. The van der Waals surface area contributed by atoms with Crippen LogP contribution in [0, 0.1) is 5.41 Å². The second-order valence-corrected chi connectivity index (χ2v) is 6.75. The van der Waals surface area contributed by atoms with Crippen LogP contribution in [0.15, 0.2) is 48.9 Å². The van der Waals surface area contributed by atoms with Crippen LogP contribution in [-0.2, 0) is 0 Å². The Morgan fingerprint density at radius 3 is 2.38 bits per heavy atom. The van der Waals surface area contributed by atoms with Gasteiger partial charge in [0, 0.05) is 30.7 Å². The Bertz CT molecular complexity index is 531. The van der Waals surface area contributed by atoms with Crippen molar-refractivity contribution in [1.82, 2.24) is 15.3 Å². The number of hydrogen-bond acceptors (Lipinski definition) is 3. The summed E-state index contributed by atoms with van der Waals surface area (Å²) < 4.78 is 0. The van der Waals surface area contributed by atoms with Crippen LogP contribution < -0.4 is 5.32 Å². The number of nitrogens with one attached hydrogen (secondary N) is 1. The van der Waals surface area contributed by atoms with Gasteiger partial charge in [0.2, 0.25) is 0 Å². The molecule has 2 rings (SSSR count). The number of aromatic nitrogens is 2. The van der Waals surface area contributed by atoms with E-state index in [4.69, 9.17) is 0 Å². The summed E-state index contributed by atoms with van der Waals surface area (Å²) in [6.07, 6.45) is 6.35. The lowest BCUT2D eigenvalue weighted by Crippen LogP contribution is -2.28.